The highest BCUT2D eigenvalue weighted by Crippen LogP contribution is 2.38. The number of aliphatic hydroxyl groups excluding tert-OH is 1. The molecule has 2 atom stereocenters. The zero-order valence-electron chi connectivity index (χ0n) is 10.8. The molecule has 2 aliphatic rings. The summed E-state index contributed by atoms with van der Waals surface area (Å²) < 4.78 is 0. The number of fused-ring (bicyclic) bond motifs is 1. The summed E-state index contributed by atoms with van der Waals surface area (Å²) in [6.45, 7) is 1.95. The Morgan fingerprint density at radius 1 is 1.32 bits per heavy atom. The van der Waals surface area contributed by atoms with E-state index in [9.17, 15) is 15.2 Å². The van der Waals surface area contributed by atoms with E-state index in [-0.39, 0.29) is 16.7 Å². The first-order valence-corrected chi connectivity index (χ1v) is 6.86. The van der Waals surface area contributed by atoms with Gasteiger partial charge in [0.2, 0.25) is 0 Å². The molecule has 1 N–H and O–H groups in total. The maximum atomic E-state index is 10.9. The third-order valence-electron chi connectivity index (χ3n) is 4.27. The van der Waals surface area contributed by atoms with Crippen molar-refractivity contribution in [3.63, 3.8) is 0 Å². The van der Waals surface area contributed by atoms with Gasteiger partial charge in [-0.05, 0) is 49.9 Å². The van der Waals surface area contributed by atoms with Gasteiger partial charge in [-0.15, -0.1) is 0 Å². The van der Waals surface area contributed by atoms with Crippen LogP contribution >= 0.6 is 0 Å². The second-order valence-electron chi connectivity index (χ2n) is 5.43. The van der Waals surface area contributed by atoms with Gasteiger partial charge in [0.15, 0.2) is 0 Å². The van der Waals surface area contributed by atoms with Crippen molar-refractivity contribution in [2.45, 2.75) is 37.8 Å². The van der Waals surface area contributed by atoms with Crippen LogP contribution in [0, 0.1) is 10.1 Å². The van der Waals surface area contributed by atoms with Crippen molar-refractivity contribution < 1.29 is 10.0 Å². The molecule has 1 aromatic rings. The smallest absolute Gasteiger partial charge is 0.269 e. The van der Waals surface area contributed by atoms with Gasteiger partial charge >= 0.3 is 0 Å². The maximum absolute atomic E-state index is 10.9. The lowest BCUT2D eigenvalue weighted by Gasteiger charge is -2.36. The number of likely N-dealkylation sites (tertiary alicyclic amines) is 1. The molecule has 19 heavy (non-hydrogen) atoms. The minimum atomic E-state index is -0.410. The third-order valence-corrected chi connectivity index (χ3v) is 4.27. The van der Waals surface area contributed by atoms with Gasteiger partial charge in [-0.1, -0.05) is 6.07 Å². The van der Waals surface area contributed by atoms with E-state index >= 15 is 0 Å². The largest absolute Gasteiger partial charge is 0.391 e. The number of nitro groups is 1. The molecule has 1 saturated heterocycles. The van der Waals surface area contributed by atoms with Crippen molar-refractivity contribution in [1.29, 1.82) is 0 Å². The molecule has 0 spiro atoms. The Hall–Kier alpha value is -1.46. The summed E-state index contributed by atoms with van der Waals surface area (Å²) in [5.74, 6) is 0. The number of rotatable bonds is 2. The molecule has 3 rings (SSSR count). The quantitative estimate of drug-likeness (QED) is 0.654. The monoisotopic (exact) mass is 262 g/mol. The molecule has 0 saturated carbocycles. The zero-order chi connectivity index (χ0) is 13.4. The summed E-state index contributed by atoms with van der Waals surface area (Å²) in [6, 6.07) is 5.01. The van der Waals surface area contributed by atoms with Gasteiger partial charge in [-0.25, -0.2) is 0 Å². The molecule has 0 bridgehead atoms. The van der Waals surface area contributed by atoms with Crippen LogP contribution in [0.2, 0.25) is 0 Å². The highest BCUT2D eigenvalue weighted by molar-refractivity contribution is 5.43. The summed E-state index contributed by atoms with van der Waals surface area (Å²) in [6.07, 6.45) is 3.43. The Bertz CT molecular complexity index is 497. The highest BCUT2D eigenvalue weighted by Gasteiger charge is 2.34. The van der Waals surface area contributed by atoms with Crippen molar-refractivity contribution in [3.05, 3.63) is 39.4 Å². The topological polar surface area (TPSA) is 66.6 Å². The van der Waals surface area contributed by atoms with E-state index in [1.54, 1.807) is 12.1 Å². The molecule has 2 unspecified atom stereocenters. The third kappa shape index (κ3) is 2.24. The van der Waals surface area contributed by atoms with Crippen molar-refractivity contribution >= 4 is 5.69 Å². The lowest BCUT2D eigenvalue weighted by molar-refractivity contribution is -0.385. The van der Waals surface area contributed by atoms with E-state index in [2.05, 4.69) is 4.90 Å². The predicted octanol–water partition coefficient (Wildman–Crippen LogP) is 2.04. The maximum Gasteiger partial charge on any atom is 0.269 e. The first kappa shape index (κ1) is 12.6. The Labute approximate surface area is 112 Å². The number of nitro benzene ring substituents is 1. The van der Waals surface area contributed by atoms with E-state index in [1.165, 1.54) is 0 Å². The molecule has 1 aromatic carbocycles. The van der Waals surface area contributed by atoms with Gasteiger partial charge in [0.1, 0.15) is 0 Å². The van der Waals surface area contributed by atoms with E-state index in [0.717, 1.165) is 49.9 Å². The van der Waals surface area contributed by atoms with Crippen molar-refractivity contribution in [2.24, 2.45) is 0 Å². The van der Waals surface area contributed by atoms with E-state index < -0.39 is 6.10 Å². The lowest BCUT2D eigenvalue weighted by Crippen LogP contribution is -2.38. The summed E-state index contributed by atoms with van der Waals surface area (Å²) in [4.78, 5) is 12.8. The minimum Gasteiger partial charge on any atom is -0.391 e. The van der Waals surface area contributed by atoms with Gasteiger partial charge in [0.25, 0.3) is 5.69 Å². The van der Waals surface area contributed by atoms with Gasteiger partial charge in [0.05, 0.1) is 17.1 Å². The normalized spacial score (nSPS) is 27.2. The van der Waals surface area contributed by atoms with Crippen LogP contribution in [-0.4, -0.2) is 34.1 Å². The van der Waals surface area contributed by atoms with Gasteiger partial charge in [-0.3, -0.25) is 15.0 Å². The first-order valence-electron chi connectivity index (χ1n) is 6.86. The molecular weight excluding hydrogens is 244 g/mol. The lowest BCUT2D eigenvalue weighted by atomic mass is 9.84. The summed E-state index contributed by atoms with van der Waals surface area (Å²) in [5, 5.41) is 21.2. The number of aliphatic hydroxyl groups is 1. The summed E-state index contributed by atoms with van der Waals surface area (Å²) in [5.41, 5.74) is 2.22. The Morgan fingerprint density at radius 2 is 2.05 bits per heavy atom. The number of nitrogens with zero attached hydrogens (tertiary/aromatic N) is 2. The number of hydrogen-bond donors (Lipinski definition) is 1. The van der Waals surface area contributed by atoms with Crippen LogP contribution in [0.5, 0.6) is 0 Å². The molecular formula is C14H18N2O3. The number of benzene rings is 1. The van der Waals surface area contributed by atoms with Crippen LogP contribution in [0.25, 0.3) is 0 Å². The summed E-state index contributed by atoms with van der Waals surface area (Å²) in [7, 11) is 0. The molecule has 5 nitrogen and oxygen atoms in total. The van der Waals surface area contributed by atoms with Crippen LogP contribution in [0.1, 0.15) is 36.4 Å². The van der Waals surface area contributed by atoms with Crippen LogP contribution < -0.4 is 0 Å². The van der Waals surface area contributed by atoms with Gasteiger partial charge in [0, 0.05) is 12.1 Å². The minimum absolute atomic E-state index is 0.0638. The Kier molecular flexibility index (Phi) is 3.24. The SMILES string of the molecule is O=[N+]([O-])c1ccc2c(c1)C(N1CCCC1)C(O)CC2. The highest BCUT2D eigenvalue weighted by atomic mass is 16.6. The van der Waals surface area contributed by atoms with Gasteiger partial charge < -0.3 is 5.11 Å². The molecule has 1 fully saturated rings. The second kappa shape index (κ2) is 4.90. The van der Waals surface area contributed by atoms with Crippen molar-refractivity contribution in [2.75, 3.05) is 13.1 Å². The van der Waals surface area contributed by atoms with Crippen molar-refractivity contribution in [1.82, 2.24) is 4.90 Å². The number of aryl methyl sites for hydroxylation is 1. The fourth-order valence-electron chi connectivity index (χ4n) is 3.33. The fraction of sp³-hybridized carbons (Fsp3) is 0.571. The molecule has 1 heterocycles. The average molecular weight is 262 g/mol. The van der Waals surface area contributed by atoms with E-state index in [4.69, 9.17) is 0 Å². The molecule has 102 valence electrons. The van der Waals surface area contributed by atoms with Crippen LogP contribution in [0.4, 0.5) is 5.69 Å². The second-order valence-corrected chi connectivity index (χ2v) is 5.43. The van der Waals surface area contributed by atoms with Crippen LogP contribution in [-0.2, 0) is 6.42 Å². The molecule has 0 radical (unpaired) electrons. The van der Waals surface area contributed by atoms with Crippen molar-refractivity contribution in [3.8, 4) is 0 Å². The average Bonchev–Trinajstić information content (AvgIpc) is 2.91. The molecule has 1 aliphatic carbocycles. The van der Waals surface area contributed by atoms with E-state index in [0.29, 0.717) is 0 Å². The first-order chi connectivity index (χ1) is 9.16. The number of hydrogen-bond acceptors (Lipinski definition) is 4. The molecule has 5 heteroatoms. The predicted molar refractivity (Wildman–Crippen MR) is 71.0 cm³/mol. The molecule has 0 amide bonds. The Balaban J connectivity index is 2.01. The number of non-ortho nitro benzene ring substituents is 1. The standard InChI is InChI=1S/C14H18N2O3/c17-13-6-4-10-3-5-11(16(18)19)9-12(10)14(13)15-7-1-2-8-15/h3,5,9,13-14,17H,1-2,4,6-8H2. The van der Waals surface area contributed by atoms with Crippen LogP contribution in [0.15, 0.2) is 18.2 Å². The zero-order valence-corrected chi connectivity index (χ0v) is 10.8. The fourth-order valence-corrected chi connectivity index (χ4v) is 3.33. The Morgan fingerprint density at radius 3 is 2.74 bits per heavy atom. The van der Waals surface area contributed by atoms with E-state index in [1.807, 2.05) is 6.07 Å². The van der Waals surface area contributed by atoms with Gasteiger partial charge in [-0.2, -0.15) is 0 Å². The molecule has 0 aromatic heterocycles. The van der Waals surface area contributed by atoms with Crippen LogP contribution in [0.3, 0.4) is 0 Å². The molecule has 1 aliphatic heterocycles. The summed E-state index contributed by atoms with van der Waals surface area (Å²) >= 11 is 0.